The van der Waals surface area contributed by atoms with Gasteiger partial charge in [-0.25, -0.2) is 0 Å². The summed E-state index contributed by atoms with van der Waals surface area (Å²) in [5, 5.41) is 10.1. The first-order valence-electron chi connectivity index (χ1n) is 11.7. The molecule has 34 heavy (non-hydrogen) atoms. The molecule has 1 heterocycles. The number of benzene rings is 1. The van der Waals surface area contributed by atoms with Crippen LogP contribution in [0, 0.1) is 5.41 Å². The fraction of sp³-hybridized carbons (Fsp3) is 0.560. The van der Waals surface area contributed by atoms with E-state index in [2.05, 4.69) is 17.1 Å². The first kappa shape index (κ1) is 29.2. The lowest BCUT2D eigenvalue weighted by Crippen LogP contribution is -2.10. The van der Waals surface area contributed by atoms with Gasteiger partial charge in [0.05, 0.1) is 23.9 Å². The standard InChI is InChI=1S/C23H31F3N2O2.C2H6N2/c1-4-6-8-9-10-11-15-29-20-14-13-18(16-19(20)23(24,25)26)21-27-22(30-28-21)17(3)12-7-5-2;1-2(3)4/h7,12-14,16-17H,4-6,8-11,15H2,1-3H3;1H3,(H3,3,4)/b12-7-;/t17-;/m0./s1. The van der Waals surface area contributed by atoms with Gasteiger partial charge in [-0.1, -0.05) is 70.2 Å². The molecule has 6 nitrogen and oxygen atoms in total. The van der Waals surface area contributed by atoms with Crippen LogP contribution in [0.25, 0.3) is 11.4 Å². The zero-order valence-electron chi connectivity index (χ0n) is 20.5. The van der Waals surface area contributed by atoms with Crippen molar-refractivity contribution in [1.29, 1.82) is 5.41 Å². The van der Waals surface area contributed by atoms with Crippen LogP contribution in [0.3, 0.4) is 0 Å². The number of alkyl halides is 3. The molecule has 0 bridgehead atoms. The smallest absolute Gasteiger partial charge is 0.419 e. The van der Waals surface area contributed by atoms with Gasteiger partial charge in [-0.2, -0.15) is 18.2 Å². The Labute approximate surface area is 200 Å². The minimum atomic E-state index is -4.53. The summed E-state index contributed by atoms with van der Waals surface area (Å²) < 4.78 is 51.4. The number of unbranched alkanes of at least 4 members (excludes halogenated alkanes) is 5. The Balaban J connectivity index is 0.00000133. The van der Waals surface area contributed by atoms with Crippen molar-refractivity contribution in [2.24, 2.45) is 5.73 Å². The summed E-state index contributed by atoms with van der Waals surface area (Å²) in [6.45, 7) is 7.84. The fourth-order valence-corrected chi connectivity index (χ4v) is 3.04. The molecule has 0 saturated heterocycles. The average Bonchev–Trinajstić information content (AvgIpc) is 3.26. The largest absolute Gasteiger partial charge is 0.493 e. The number of nitrogens with zero attached hydrogens (tertiary/aromatic N) is 2. The molecule has 0 aliphatic heterocycles. The van der Waals surface area contributed by atoms with Gasteiger partial charge in [-0.15, -0.1) is 0 Å². The van der Waals surface area contributed by atoms with E-state index in [0.29, 0.717) is 5.89 Å². The van der Waals surface area contributed by atoms with Crippen LogP contribution >= 0.6 is 0 Å². The number of aromatic nitrogens is 2. The number of nitrogens with two attached hydrogens (primary N) is 1. The normalized spacial score (nSPS) is 12.3. The highest BCUT2D eigenvalue weighted by molar-refractivity contribution is 5.73. The molecule has 2 aromatic rings. The Kier molecular flexibility index (Phi) is 13.0. The van der Waals surface area contributed by atoms with Gasteiger partial charge in [0.1, 0.15) is 5.75 Å². The zero-order valence-corrected chi connectivity index (χ0v) is 20.5. The number of rotatable bonds is 12. The Hall–Kier alpha value is -2.84. The molecule has 0 aliphatic carbocycles. The van der Waals surface area contributed by atoms with Crippen LogP contribution in [0.2, 0.25) is 0 Å². The highest BCUT2D eigenvalue weighted by Crippen LogP contribution is 2.38. The van der Waals surface area contributed by atoms with E-state index in [1.165, 1.54) is 25.5 Å². The molecule has 0 unspecified atom stereocenters. The first-order chi connectivity index (χ1) is 16.1. The molecule has 190 valence electrons. The lowest BCUT2D eigenvalue weighted by molar-refractivity contribution is -0.138. The highest BCUT2D eigenvalue weighted by atomic mass is 19.4. The highest BCUT2D eigenvalue weighted by Gasteiger charge is 2.35. The fourth-order valence-electron chi connectivity index (χ4n) is 3.04. The molecule has 3 N–H and O–H groups in total. The third-order valence-electron chi connectivity index (χ3n) is 4.79. The molecular formula is C25H37F3N4O2. The Morgan fingerprint density at radius 3 is 2.44 bits per heavy atom. The molecule has 0 saturated carbocycles. The summed E-state index contributed by atoms with van der Waals surface area (Å²) in [6.07, 6.45) is 6.52. The maximum absolute atomic E-state index is 13.6. The van der Waals surface area contributed by atoms with Gasteiger partial charge < -0.3 is 15.0 Å². The van der Waals surface area contributed by atoms with Crippen molar-refractivity contribution in [2.45, 2.75) is 84.7 Å². The van der Waals surface area contributed by atoms with Crippen LogP contribution in [0.1, 0.15) is 90.0 Å². The van der Waals surface area contributed by atoms with E-state index in [9.17, 15) is 13.2 Å². The van der Waals surface area contributed by atoms with Gasteiger partial charge in [0.2, 0.25) is 11.7 Å². The number of hydrogen-bond donors (Lipinski definition) is 2. The van der Waals surface area contributed by atoms with Crippen molar-refractivity contribution in [3.8, 4) is 17.1 Å². The second-order valence-corrected chi connectivity index (χ2v) is 8.09. The number of ether oxygens (including phenoxy) is 1. The predicted octanol–water partition coefficient (Wildman–Crippen LogP) is 7.51. The van der Waals surface area contributed by atoms with Gasteiger partial charge in [0.25, 0.3) is 0 Å². The van der Waals surface area contributed by atoms with E-state index in [1.807, 2.05) is 26.0 Å². The minimum absolute atomic E-state index is 0.104. The molecular weight excluding hydrogens is 445 g/mol. The van der Waals surface area contributed by atoms with E-state index in [0.717, 1.165) is 44.6 Å². The number of hydrogen-bond acceptors (Lipinski definition) is 5. The zero-order chi connectivity index (χ0) is 25.6. The monoisotopic (exact) mass is 482 g/mol. The van der Waals surface area contributed by atoms with E-state index >= 15 is 0 Å². The molecule has 0 amide bonds. The summed E-state index contributed by atoms with van der Waals surface area (Å²) >= 11 is 0. The van der Waals surface area contributed by atoms with Gasteiger partial charge in [0.15, 0.2) is 0 Å². The van der Waals surface area contributed by atoms with E-state index in [4.69, 9.17) is 20.4 Å². The Morgan fingerprint density at radius 2 is 1.82 bits per heavy atom. The summed E-state index contributed by atoms with van der Waals surface area (Å²) in [4.78, 5) is 4.26. The van der Waals surface area contributed by atoms with E-state index < -0.39 is 11.7 Å². The third-order valence-corrected chi connectivity index (χ3v) is 4.79. The maximum atomic E-state index is 13.6. The molecule has 0 aliphatic rings. The van der Waals surface area contributed by atoms with Gasteiger partial charge in [0, 0.05) is 5.56 Å². The molecule has 1 aromatic heterocycles. The summed E-state index contributed by atoms with van der Waals surface area (Å²) in [5.41, 5.74) is 4.12. The van der Waals surface area contributed by atoms with Crippen molar-refractivity contribution >= 4 is 5.84 Å². The SMILES string of the molecule is CC(=N)N.CC/C=C\[C@H](C)c1nc(-c2ccc(OCCCCCCCC)c(C(F)(F)F)c2)no1. The molecule has 1 aromatic carbocycles. The molecule has 9 heteroatoms. The molecule has 0 fully saturated rings. The summed E-state index contributed by atoms with van der Waals surface area (Å²) in [7, 11) is 0. The van der Waals surface area contributed by atoms with Crippen LogP contribution in [-0.2, 0) is 6.18 Å². The Bertz CT molecular complexity index is 891. The van der Waals surface area contributed by atoms with E-state index in [1.54, 1.807) is 0 Å². The second-order valence-electron chi connectivity index (χ2n) is 8.09. The first-order valence-corrected chi connectivity index (χ1v) is 11.7. The molecule has 0 spiro atoms. The quantitative estimate of drug-likeness (QED) is 0.141. The number of allylic oxidation sites excluding steroid dienone is 2. The lowest BCUT2D eigenvalue weighted by Gasteiger charge is -2.14. The van der Waals surface area contributed by atoms with Crippen molar-refractivity contribution in [3.05, 3.63) is 41.8 Å². The second kappa shape index (κ2) is 15.1. The third kappa shape index (κ3) is 10.9. The predicted molar refractivity (Wildman–Crippen MR) is 129 cm³/mol. The van der Waals surface area contributed by atoms with Gasteiger partial charge in [-0.3, -0.25) is 5.41 Å². The molecule has 0 radical (unpaired) electrons. The van der Waals surface area contributed by atoms with Crippen LogP contribution in [0.4, 0.5) is 13.2 Å². The summed E-state index contributed by atoms with van der Waals surface area (Å²) in [6, 6.07) is 3.90. The van der Waals surface area contributed by atoms with Crippen molar-refractivity contribution < 1.29 is 22.4 Å². The van der Waals surface area contributed by atoms with Crippen LogP contribution in [0.15, 0.2) is 34.9 Å². The number of amidine groups is 1. The average molecular weight is 483 g/mol. The Morgan fingerprint density at radius 1 is 1.18 bits per heavy atom. The minimum Gasteiger partial charge on any atom is -0.493 e. The van der Waals surface area contributed by atoms with Crippen molar-refractivity contribution in [3.63, 3.8) is 0 Å². The van der Waals surface area contributed by atoms with Crippen LogP contribution in [0.5, 0.6) is 5.75 Å². The summed E-state index contributed by atoms with van der Waals surface area (Å²) in [5.74, 6) is 0.400. The maximum Gasteiger partial charge on any atom is 0.419 e. The van der Waals surface area contributed by atoms with Crippen LogP contribution in [-0.4, -0.2) is 22.6 Å². The molecule has 2 rings (SSSR count). The van der Waals surface area contributed by atoms with Gasteiger partial charge >= 0.3 is 6.18 Å². The topological polar surface area (TPSA) is 98.0 Å². The molecule has 1 atom stereocenters. The number of halogens is 3. The lowest BCUT2D eigenvalue weighted by atomic mass is 10.1. The van der Waals surface area contributed by atoms with Gasteiger partial charge in [-0.05, 0) is 38.0 Å². The van der Waals surface area contributed by atoms with Crippen LogP contribution < -0.4 is 10.5 Å². The number of nitrogens with one attached hydrogen (secondary N) is 1. The van der Waals surface area contributed by atoms with Crippen molar-refractivity contribution in [1.82, 2.24) is 10.1 Å². The van der Waals surface area contributed by atoms with E-state index in [-0.39, 0.29) is 35.5 Å². The van der Waals surface area contributed by atoms with Crippen molar-refractivity contribution in [2.75, 3.05) is 6.61 Å².